The van der Waals surface area contributed by atoms with Crippen LogP contribution in [-0.4, -0.2) is 27.0 Å². The van der Waals surface area contributed by atoms with Crippen LogP contribution >= 0.6 is 0 Å². The first kappa shape index (κ1) is 20.8. The maximum absolute atomic E-state index is 13.1. The number of methoxy groups -OCH3 is 1. The molecule has 0 aliphatic heterocycles. The van der Waals surface area contributed by atoms with Gasteiger partial charge in [0.15, 0.2) is 6.23 Å². The number of ether oxygens (including phenoxy) is 1. The number of pyridine rings is 1. The van der Waals surface area contributed by atoms with Gasteiger partial charge < -0.3 is 15.2 Å². The predicted molar refractivity (Wildman–Crippen MR) is 119 cm³/mol. The lowest BCUT2D eigenvalue weighted by atomic mass is 10.1. The van der Waals surface area contributed by atoms with Gasteiger partial charge in [-0.25, -0.2) is 9.37 Å². The summed E-state index contributed by atoms with van der Waals surface area (Å²) in [4.78, 5) is 4.44. The number of aliphatic hydroxyl groups is 1. The Hall–Kier alpha value is -3.45. The molecule has 1 atom stereocenters. The molecule has 0 spiro atoms. The van der Waals surface area contributed by atoms with E-state index in [1.807, 2.05) is 42.8 Å². The van der Waals surface area contributed by atoms with E-state index in [0.29, 0.717) is 18.0 Å². The van der Waals surface area contributed by atoms with Gasteiger partial charge in [0, 0.05) is 23.6 Å². The van der Waals surface area contributed by atoms with E-state index in [2.05, 4.69) is 15.4 Å². The van der Waals surface area contributed by atoms with Crippen LogP contribution in [0.15, 0.2) is 54.6 Å². The van der Waals surface area contributed by atoms with Crippen LogP contribution in [0.5, 0.6) is 5.88 Å². The Morgan fingerprint density at radius 3 is 2.61 bits per heavy atom. The van der Waals surface area contributed by atoms with Crippen LogP contribution in [0.4, 0.5) is 10.1 Å². The minimum Gasteiger partial charge on any atom is -0.481 e. The maximum Gasteiger partial charge on any atom is 0.213 e. The Balaban J connectivity index is 1.57. The van der Waals surface area contributed by atoms with Crippen molar-refractivity contribution >= 4 is 16.6 Å². The Bertz CT molecular complexity index is 1200. The first-order chi connectivity index (χ1) is 15.0. The number of hydrogen-bond acceptors (Lipinski definition) is 5. The van der Waals surface area contributed by atoms with Gasteiger partial charge in [-0.2, -0.15) is 5.10 Å². The van der Waals surface area contributed by atoms with Gasteiger partial charge in [0.25, 0.3) is 0 Å². The number of fused-ring (bicyclic) bond motifs is 1. The van der Waals surface area contributed by atoms with Gasteiger partial charge in [0.05, 0.1) is 29.7 Å². The molecule has 0 bridgehead atoms. The predicted octanol–water partition coefficient (Wildman–Crippen LogP) is 4.54. The summed E-state index contributed by atoms with van der Waals surface area (Å²) < 4.78 is 20.3. The molecular weight excluding hydrogens is 395 g/mol. The van der Waals surface area contributed by atoms with E-state index >= 15 is 0 Å². The van der Waals surface area contributed by atoms with E-state index in [1.165, 1.54) is 12.1 Å². The summed E-state index contributed by atoms with van der Waals surface area (Å²) in [5, 5.41) is 19.7. The standard InChI is InChI=1S/C24H25FN4O2/c1-15-23(16(2)29(28-15)13-12-17-8-10-18(25)11-9-17)27-24(30)20-14-22(31-3)26-21-7-5-4-6-19(20)21/h4-11,14,24,27,30H,12-13H2,1-3H3. The SMILES string of the molecule is COc1cc(C(O)Nc2c(C)nn(CCc3ccc(F)cc3)c2C)c2ccccc2n1. The van der Waals surface area contributed by atoms with E-state index in [9.17, 15) is 9.50 Å². The summed E-state index contributed by atoms with van der Waals surface area (Å²) >= 11 is 0. The number of nitrogens with zero attached hydrogens (tertiary/aromatic N) is 3. The highest BCUT2D eigenvalue weighted by atomic mass is 19.1. The van der Waals surface area contributed by atoms with Crippen LogP contribution < -0.4 is 10.1 Å². The molecule has 1 unspecified atom stereocenters. The summed E-state index contributed by atoms with van der Waals surface area (Å²) in [6.07, 6.45) is -0.231. The van der Waals surface area contributed by atoms with Crippen molar-refractivity contribution in [1.29, 1.82) is 0 Å². The van der Waals surface area contributed by atoms with Crippen molar-refractivity contribution in [2.24, 2.45) is 0 Å². The number of benzene rings is 2. The zero-order valence-corrected chi connectivity index (χ0v) is 17.8. The average Bonchev–Trinajstić information content (AvgIpc) is 3.05. The molecule has 31 heavy (non-hydrogen) atoms. The topological polar surface area (TPSA) is 72.2 Å². The molecule has 0 aliphatic carbocycles. The lowest BCUT2D eigenvalue weighted by Crippen LogP contribution is -2.12. The molecule has 0 radical (unpaired) electrons. The van der Waals surface area contributed by atoms with Crippen LogP contribution in [0.3, 0.4) is 0 Å². The molecule has 160 valence electrons. The van der Waals surface area contributed by atoms with Crippen molar-refractivity contribution in [3.8, 4) is 5.88 Å². The van der Waals surface area contributed by atoms with Gasteiger partial charge in [-0.3, -0.25) is 4.68 Å². The third-order valence-electron chi connectivity index (χ3n) is 5.42. The molecule has 0 saturated carbocycles. The van der Waals surface area contributed by atoms with E-state index in [1.54, 1.807) is 25.3 Å². The van der Waals surface area contributed by atoms with E-state index in [-0.39, 0.29) is 5.82 Å². The monoisotopic (exact) mass is 420 g/mol. The van der Waals surface area contributed by atoms with Crippen molar-refractivity contribution in [2.45, 2.75) is 33.0 Å². The molecule has 4 rings (SSSR count). The molecule has 4 aromatic rings. The van der Waals surface area contributed by atoms with Crippen LogP contribution in [0.1, 0.15) is 28.7 Å². The van der Waals surface area contributed by atoms with Crippen molar-refractivity contribution in [3.63, 3.8) is 0 Å². The molecule has 2 aromatic heterocycles. The van der Waals surface area contributed by atoms with Crippen LogP contribution in [0.2, 0.25) is 0 Å². The van der Waals surface area contributed by atoms with Crippen LogP contribution in [-0.2, 0) is 13.0 Å². The summed E-state index contributed by atoms with van der Waals surface area (Å²) in [5.41, 5.74) is 4.97. The second kappa shape index (κ2) is 8.73. The summed E-state index contributed by atoms with van der Waals surface area (Å²) in [5.74, 6) is 0.202. The zero-order chi connectivity index (χ0) is 22.0. The Kier molecular flexibility index (Phi) is 5.86. The quantitative estimate of drug-likeness (QED) is 0.430. The second-order valence-corrected chi connectivity index (χ2v) is 7.46. The second-order valence-electron chi connectivity index (χ2n) is 7.46. The van der Waals surface area contributed by atoms with Crippen molar-refractivity contribution in [3.05, 3.63) is 82.9 Å². The number of aliphatic hydroxyl groups excluding tert-OH is 1. The highest BCUT2D eigenvalue weighted by molar-refractivity contribution is 5.83. The zero-order valence-electron chi connectivity index (χ0n) is 17.8. The molecular formula is C24H25FN4O2. The number of aromatic nitrogens is 3. The first-order valence-electron chi connectivity index (χ1n) is 10.1. The summed E-state index contributed by atoms with van der Waals surface area (Å²) in [6, 6.07) is 15.9. The smallest absolute Gasteiger partial charge is 0.213 e. The molecule has 2 aromatic carbocycles. The molecule has 6 nitrogen and oxygen atoms in total. The van der Waals surface area contributed by atoms with Crippen molar-refractivity contribution in [1.82, 2.24) is 14.8 Å². The molecule has 0 fully saturated rings. The summed E-state index contributed by atoms with van der Waals surface area (Å²) in [7, 11) is 1.56. The van der Waals surface area contributed by atoms with Crippen molar-refractivity contribution < 1.29 is 14.2 Å². The van der Waals surface area contributed by atoms with Gasteiger partial charge in [-0.05, 0) is 44.0 Å². The van der Waals surface area contributed by atoms with E-state index in [4.69, 9.17) is 4.74 Å². The number of hydrogen-bond donors (Lipinski definition) is 2. The largest absolute Gasteiger partial charge is 0.481 e. The fraction of sp³-hybridized carbons (Fsp3) is 0.250. The number of nitrogens with one attached hydrogen (secondary N) is 1. The Morgan fingerprint density at radius 1 is 1.13 bits per heavy atom. The average molecular weight is 420 g/mol. The molecule has 0 saturated heterocycles. The number of rotatable bonds is 7. The first-order valence-corrected chi connectivity index (χ1v) is 10.1. The number of aryl methyl sites for hydroxylation is 3. The van der Waals surface area contributed by atoms with Crippen molar-refractivity contribution in [2.75, 3.05) is 12.4 Å². The molecule has 2 N–H and O–H groups in total. The highest BCUT2D eigenvalue weighted by Crippen LogP contribution is 2.30. The molecule has 7 heteroatoms. The fourth-order valence-corrected chi connectivity index (χ4v) is 3.73. The molecule has 0 aliphatic rings. The third-order valence-corrected chi connectivity index (χ3v) is 5.42. The minimum atomic E-state index is -0.964. The normalized spacial score (nSPS) is 12.2. The van der Waals surface area contributed by atoms with Crippen LogP contribution in [0, 0.1) is 19.7 Å². The van der Waals surface area contributed by atoms with Gasteiger partial charge in [-0.15, -0.1) is 0 Å². The van der Waals surface area contributed by atoms with Gasteiger partial charge in [0.2, 0.25) is 5.88 Å². The number of anilines is 1. The number of halogens is 1. The third kappa shape index (κ3) is 4.36. The van der Waals surface area contributed by atoms with Gasteiger partial charge in [-0.1, -0.05) is 30.3 Å². The van der Waals surface area contributed by atoms with E-state index in [0.717, 1.165) is 40.0 Å². The maximum atomic E-state index is 13.1. The lowest BCUT2D eigenvalue weighted by molar-refractivity contribution is 0.209. The number of para-hydroxylation sites is 1. The fourth-order valence-electron chi connectivity index (χ4n) is 3.73. The van der Waals surface area contributed by atoms with E-state index < -0.39 is 6.23 Å². The molecule has 0 amide bonds. The van der Waals surface area contributed by atoms with Crippen LogP contribution in [0.25, 0.3) is 10.9 Å². The highest BCUT2D eigenvalue weighted by Gasteiger charge is 2.18. The minimum absolute atomic E-state index is 0.240. The van der Waals surface area contributed by atoms with Gasteiger partial charge >= 0.3 is 0 Å². The van der Waals surface area contributed by atoms with Gasteiger partial charge in [0.1, 0.15) is 5.82 Å². The molecule has 2 heterocycles. The summed E-state index contributed by atoms with van der Waals surface area (Å²) in [6.45, 7) is 4.52. The Morgan fingerprint density at radius 2 is 1.87 bits per heavy atom. The lowest BCUT2D eigenvalue weighted by Gasteiger charge is -2.18. The Labute approximate surface area is 180 Å².